The molecule has 0 spiro atoms. The van der Waals surface area contributed by atoms with Crippen LogP contribution >= 0.6 is 0 Å². The Bertz CT molecular complexity index is 818. The maximum absolute atomic E-state index is 13.2. The summed E-state index contributed by atoms with van der Waals surface area (Å²) in [4.78, 5) is 31.5. The second-order valence-corrected chi connectivity index (χ2v) is 8.55. The number of nitrogens with zero attached hydrogens (tertiary/aromatic N) is 3. The van der Waals surface area contributed by atoms with Gasteiger partial charge in [-0.25, -0.2) is 0 Å². The molecule has 2 aromatic carbocycles. The van der Waals surface area contributed by atoms with Crippen LogP contribution < -0.4 is 10.2 Å². The van der Waals surface area contributed by atoms with Crippen molar-refractivity contribution in [3.63, 3.8) is 0 Å². The van der Waals surface area contributed by atoms with Gasteiger partial charge in [-0.15, -0.1) is 0 Å². The molecule has 0 bridgehead atoms. The topological polar surface area (TPSA) is 55.9 Å². The molecule has 0 unspecified atom stereocenters. The van der Waals surface area contributed by atoms with Gasteiger partial charge in [0.05, 0.1) is 19.6 Å². The highest BCUT2D eigenvalue weighted by molar-refractivity contribution is 5.94. The first-order chi connectivity index (χ1) is 15.0. The van der Waals surface area contributed by atoms with E-state index < -0.39 is 0 Å². The molecule has 6 heteroatoms. The number of carbonyl (C=O) groups is 2. The standard InChI is InChI=1S/C25H34N4O2/c1-21(2)17-26-24(30)19-27-13-15-28(16-14-27)20-25(31)29(23-11-7-4-8-12-23)18-22-9-5-3-6-10-22/h3-12,21H,13-20H2,1-2H3,(H,26,30). The van der Waals surface area contributed by atoms with E-state index in [0.29, 0.717) is 32.1 Å². The van der Waals surface area contributed by atoms with Gasteiger partial charge in [-0.3, -0.25) is 19.4 Å². The molecule has 0 atom stereocenters. The van der Waals surface area contributed by atoms with E-state index in [0.717, 1.165) is 37.4 Å². The molecule has 2 aromatic rings. The van der Waals surface area contributed by atoms with Crippen molar-refractivity contribution in [1.29, 1.82) is 0 Å². The Labute approximate surface area is 185 Å². The highest BCUT2D eigenvalue weighted by Crippen LogP contribution is 2.18. The molecule has 0 radical (unpaired) electrons. The van der Waals surface area contributed by atoms with Crippen LogP contribution in [0.25, 0.3) is 0 Å². The van der Waals surface area contributed by atoms with Crippen LogP contribution in [0.4, 0.5) is 5.69 Å². The first kappa shape index (κ1) is 23.0. The SMILES string of the molecule is CC(C)CNC(=O)CN1CCN(CC(=O)N(Cc2ccccc2)c2ccccc2)CC1. The van der Waals surface area contributed by atoms with Gasteiger partial charge >= 0.3 is 0 Å². The summed E-state index contributed by atoms with van der Waals surface area (Å²) < 4.78 is 0. The number of amides is 2. The van der Waals surface area contributed by atoms with Gasteiger partial charge in [-0.05, 0) is 23.6 Å². The molecule has 6 nitrogen and oxygen atoms in total. The summed E-state index contributed by atoms with van der Waals surface area (Å²) in [7, 11) is 0. The molecule has 31 heavy (non-hydrogen) atoms. The molecule has 0 saturated carbocycles. The van der Waals surface area contributed by atoms with Crippen molar-refractivity contribution >= 4 is 17.5 Å². The average Bonchev–Trinajstić information content (AvgIpc) is 2.78. The number of carbonyl (C=O) groups excluding carboxylic acids is 2. The van der Waals surface area contributed by atoms with Gasteiger partial charge in [-0.2, -0.15) is 0 Å². The predicted molar refractivity (Wildman–Crippen MR) is 125 cm³/mol. The van der Waals surface area contributed by atoms with Crippen molar-refractivity contribution in [1.82, 2.24) is 15.1 Å². The largest absolute Gasteiger partial charge is 0.355 e. The van der Waals surface area contributed by atoms with Gasteiger partial charge in [-0.1, -0.05) is 62.4 Å². The fourth-order valence-electron chi connectivity index (χ4n) is 3.66. The highest BCUT2D eigenvalue weighted by atomic mass is 16.2. The van der Waals surface area contributed by atoms with Crippen LogP contribution in [0.3, 0.4) is 0 Å². The van der Waals surface area contributed by atoms with Crippen LogP contribution in [0.15, 0.2) is 60.7 Å². The van der Waals surface area contributed by atoms with E-state index in [4.69, 9.17) is 0 Å². The lowest BCUT2D eigenvalue weighted by atomic mass is 10.2. The molecule has 1 aliphatic rings. The summed E-state index contributed by atoms with van der Waals surface area (Å²) in [5.74, 6) is 0.629. The number of hydrogen-bond donors (Lipinski definition) is 1. The molecule has 166 valence electrons. The second-order valence-electron chi connectivity index (χ2n) is 8.55. The summed E-state index contributed by atoms with van der Waals surface area (Å²) in [5.41, 5.74) is 2.02. The zero-order valence-corrected chi connectivity index (χ0v) is 18.7. The minimum absolute atomic E-state index is 0.0799. The molecule has 0 aliphatic carbocycles. The molecule has 1 fully saturated rings. The summed E-state index contributed by atoms with van der Waals surface area (Å²) in [5, 5.41) is 2.97. The van der Waals surface area contributed by atoms with E-state index in [2.05, 4.69) is 29.0 Å². The first-order valence-corrected chi connectivity index (χ1v) is 11.1. The van der Waals surface area contributed by atoms with Crippen LogP contribution in [-0.4, -0.2) is 67.4 Å². The number of para-hydroxylation sites is 1. The van der Waals surface area contributed by atoms with Crippen molar-refractivity contribution < 1.29 is 9.59 Å². The average molecular weight is 423 g/mol. The molecule has 1 saturated heterocycles. The third-order valence-corrected chi connectivity index (χ3v) is 5.45. The summed E-state index contributed by atoms with van der Waals surface area (Å²) in [6.07, 6.45) is 0. The molecule has 0 aromatic heterocycles. The summed E-state index contributed by atoms with van der Waals surface area (Å²) >= 11 is 0. The Morgan fingerprint density at radius 1 is 0.871 bits per heavy atom. The number of nitrogens with one attached hydrogen (secondary N) is 1. The Kier molecular flexibility index (Phi) is 8.62. The normalized spacial score (nSPS) is 15.1. The van der Waals surface area contributed by atoms with Crippen molar-refractivity contribution in [3.05, 3.63) is 66.2 Å². The van der Waals surface area contributed by atoms with Crippen LogP contribution in [0.1, 0.15) is 19.4 Å². The van der Waals surface area contributed by atoms with Gasteiger partial charge in [0.2, 0.25) is 11.8 Å². The zero-order valence-electron chi connectivity index (χ0n) is 18.7. The molecular weight excluding hydrogens is 388 g/mol. The van der Waals surface area contributed by atoms with Crippen LogP contribution in [-0.2, 0) is 16.1 Å². The number of anilines is 1. The zero-order chi connectivity index (χ0) is 22.1. The molecular formula is C25H34N4O2. The number of benzene rings is 2. The summed E-state index contributed by atoms with van der Waals surface area (Å²) in [6, 6.07) is 19.9. The third kappa shape index (κ3) is 7.49. The van der Waals surface area contributed by atoms with Gasteiger partial charge in [0.15, 0.2) is 0 Å². The minimum atomic E-state index is 0.0799. The Morgan fingerprint density at radius 3 is 2.00 bits per heavy atom. The Morgan fingerprint density at radius 2 is 1.42 bits per heavy atom. The van der Waals surface area contributed by atoms with Crippen molar-refractivity contribution in [2.45, 2.75) is 20.4 Å². The second kappa shape index (κ2) is 11.6. The van der Waals surface area contributed by atoms with Crippen molar-refractivity contribution in [2.24, 2.45) is 5.92 Å². The number of hydrogen-bond acceptors (Lipinski definition) is 4. The lowest BCUT2D eigenvalue weighted by Crippen LogP contribution is -2.52. The van der Waals surface area contributed by atoms with Gasteiger partial charge < -0.3 is 10.2 Å². The van der Waals surface area contributed by atoms with Gasteiger partial charge in [0.1, 0.15) is 0 Å². The van der Waals surface area contributed by atoms with Crippen LogP contribution in [0.2, 0.25) is 0 Å². The quantitative estimate of drug-likeness (QED) is 0.675. The van der Waals surface area contributed by atoms with Gasteiger partial charge in [0.25, 0.3) is 0 Å². The molecule has 1 heterocycles. The molecule has 2 amide bonds. The third-order valence-electron chi connectivity index (χ3n) is 5.45. The minimum Gasteiger partial charge on any atom is -0.355 e. The fraction of sp³-hybridized carbons (Fsp3) is 0.440. The lowest BCUT2D eigenvalue weighted by molar-refractivity contribution is -0.124. The van der Waals surface area contributed by atoms with Gasteiger partial charge in [0, 0.05) is 38.4 Å². The molecule has 3 rings (SSSR count). The van der Waals surface area contributed by atoms with E-state index in [1.807, 2.05) is 65.6 Å². The predicted octanol–water partition coefficient (Wildman–Crippen LogP) is 2.61. The molecule has 1 N–H and O–H groups in total. The van der Waals surface area contributed by atoms with Crippen LogP contribution in [0, 0.1) is 5.92 Å². The van der Waals surface area contributed by atoms with E-state index in [1.165, 1.54) is 0 Å². The maximum atomic E-state index is 13.2. The molecule has 1 aliphatic heterocycles. The van der Waals surface area contributed by atoms with E-state index in [1.54, 1.807) is 0 Å². The van der Waals surface area contributed by atoms with Crippen molar-refractivity contribution in [2.75, 3.05) is 50.7 Å². The number of rotatable bonds is 9. The Balaban J connectivity index is 1.53. The number of piperazine rings is 1. The van der Waals surface area contributed by atoms with Crippen molar-refractivity contribution in [3.8, 4) is 0 Å². The fourth-order valence-corrected chi connectivity index (χ4v) is 3.66. The first-order valence-electron chi connectivity index (χ1n) is 11.1. The lowest BCUT2D eigenvalue weighted by Gasteiger charge is -2.35. The van der Waals surface area contributed by atoms with E-state index >= 15 is 0 Å². The van der Waals surface area contributed by atoms with E-state index in [9.17, 15) is 9.59 Å². The monoisotopic (exact) mass is 422 g/mol. The highest BCUT2D eigenvalue weighted by Gasteiger charge is 2.23. The smallest absolute Gasteiger partial charge is 0.241 e. The summed E-state index contributed by atoms with van der Waals surface area (Å²) in [6.45, 7) is 9.43. The Hall–Kier alpha value is -2.70. The maximum Gasteiger partial charge on any atom is 0.241 e. The van der Waals surface area contributed by atoms with E-state index in [-0.39, 0.29) is 11.8 Å². The van der Waals surface area contributed by atoms with Crippen LogP contribution in [0.5, 0.6) is 0 Å².